The molecule has 1 atom stereocenters. The molecule has 2 amide bonds. The van der Waals surface area contributed by atoms with Crippen molar-refractivity contribution in [2.45, 2.75) is 37.1 Å². The number of hydrogen-bond acceptors (Lipinski definition) is 4. The summed E-state index contributed by atoms with van der Waals surface area (Å²) in [6.07, 6.45) is 0.968. The largest absolute Gasteiger partial charge is 0.352 e. The van der Waals surface area contributed by atoms with Crippen LogP contribution < -0.4 is 11.1 Å². The van der Waals surface area contributed by atoms with Crippen LogP contribution in [-0.2, 0) is 4.79 Å². The molecule has 10 heteroatoms. The lowest BCUT2D eigenvalue weighted by molar-refractivity contribution is -0.172. The standard InChI is InChI=1S/C18H20F4N4O2/c19-17(20)10-26(11-18(17,21)22)16(28)14(24)6-1-2-7-25-15(27)13-5-3-4-12(8-13)9-23/h3-5,8,14H,1-2,6-7,10-11,24H2,(H,25,27)/t14-/m0/s1. The number of nitrogens with two attached hydrogens (primary N) is 1. The van der Waals surface area contributed by atoms with Crippen molar-refractivity contribution in [3.05, 3.63) is 35.4 Å². The normalized spacial score (nSPS) is 18.4. The Hall–Kier alpha value is -2.67. The average molecular weight is 400 g/mol. The molecule has 1 aromatic carbocycles. The van der Waals surface area contributed by atoms with Gasteiger partial charge in [0.15, 0.2) is 0 Å². The molecule has 0 aromatic heterocycles. The first-order valence-electron chi connectivity index (χ1n) is 8.66. The highest BCUT2D eigenvalue weighted by Crippen LogP contribution is 2.41. The molecule has 0 bridgehead atoms. The Morgan fingerprint density at radius 2 is 1.86 bits per heavy atom. The summed E-state index contributed by atoms with van der Waals surface area (Å²) in [5.41, 5.74) is 6.33. The molecule has 0 radical (unpaired) electrons. The maximum Gasteiger partial charge on any atom is 0.329 e. The molecule has 3 N–H and O–H groups in total. The Bertz CT molecular complexity index is 763. The van der Waals surface area contributed by atoms with Crippen molar-refractivity contribution >= 4 is 11.8 Å². The van der Waals surface area contributed by atoms with Crippen LogP contribution in [-0.4, -0.2) is 54.2 Å². The van der Waals surface area contributed by atoms with Gasteiger partial charge < -0.3 is 16.0 Å². The first-order valence-corrected chi connectivity index (χ1v) is 8.66. The summed E-state index contributed by atoms with van der Waals surface area (Å²) in [5.74, 6) is -9.81. The van der Waals surface area contributed by atoms with Crippen molar-refractivity contribution in [2.24, 2.45) is 5.73 Å². The molecule has 152 valence electrons. The molecule has 1 aliphatic heterocycles. The average Bonchev–Trinajstić information content (AvgIpc) is 2.87. The van der Waals surface area contributed by atoms with E-state index in [2.05, 4.69) is 5.32 Å². The summed E-state index contributed by atoms with van der Waals surface area (Å²) in [4.78, 5) is 24.3. The van der Waals surface area contributed by atoms with Gasteiger partial charge in [0.25, 0.3) is 5.91 Å². The minimum absolute atomic E-state index is 0.117. The fourth-order valence-corrected chi connectivity index (χ4v) is 2.80. The molecule has 1 fully saturated rings. The van der Waals surface area contributed by atoms with Gasteiger partial charge in [-0.1, -0.05) is 6.07 Å². The number of nitriles is 1. The van der Waals surface area contributed by atoms with E-state index in [0.717, 1.165) is 0 Å². The van der Waals surface area contributed by atoms with Gasteiger partial charge in [-0.3, -0.25) is 9.59 Å². The van der Waals surface area contributed by atoms with Crippen LogP contribution in [0.2, 0.25) is 0 Å². The summed E-state index contributed by atoms with van der Waals surface area (Å²) in [5, 5.41) is 11.5. The molecule has 1 aromatic rings. The second kappa shape index (κ2) is 8.56. The Morgan fingerprint density at radius 1 is 1.21 bits per heavy atom. The molecular weight excluding hydrogens is 380 g/mol. The monoisotopic (exact) mass is 400 g/mol. The molecule has 0 aliphatic carbocycles. The topological polar surface area (TPSA) is 99.2 Å². The van der Waals surface area contributed by atoms with Crippen LogP contribution in [0.25, 0.3) is 0 Å². The smallest absolute Gasteiger partial charge is 0.329 e. The Labute approximate surface area is 159 Å². The molecule has 0 unspecified atom stereocenters. The zero-order valence-corrected chi connectivity index (χ0v) is 14.9. The van der Waals surface area contributed by atoms with Crippen molar-refractivity contribution in [1.82, 2.24) is 10.2 Å². The summed E-state index contributed by atoms with van der Waals surface area (Å²) >= 11 is 0. The predicted octanol–water partition coefficient (Wildman–Crippen LogP) is 1.90. The van der Waals surface area contributed by atoms with Gasteiger partial charge in [-0.05, 0) is 37.5 Å². The highest BCUT2D eigenvalue weighted by Gasteiger charge is 2.64. The van der Waals surface area contributed by atoms with E-state index >= 15 is 0 Å². The molecule has 28 heavy (non-hydrogen) atoms. The number of benzene rings is 1. The number of rotatable bonds is 7. The van der Waals surface area contributed by atoms with Crippen LogP contribution in [0.5, 0.6) is 0 Å². The lowest BCUT2D eigenvalue weighted by atomic mass is 10.1. The summed E-state index contributed by atoms with van der Waals surface area (Å²) in [6, 6.07) is 6.94. The first-order chi connectivity index (χ1) is 13.1. The summed E-state index contributed by atoms with van der Waals surface area (Å²) in [6.45, 7) is -2.41. The van der Waals surface area contributed by atoms with E-state index < -0.39 is 36.9 Å². The lowest BCUT2D eigenvalue weighted by Crippen LogP contribution is -2.43. The highest BCUT2D eigenvalue weighted by atomic mass is 19.3. The Kier molecular flexibility index (Phi) is 6.61. The first kappa shape index (κ1) is 21.6. The van der Waals surface area contributed by atoms with Crippen molar-refractivity contribution in [3.8, 4) is 6.07 Å². The van der Waals surface area contributed by atoms with Gasteiger partial charge >= 0.3 is 11.8 Å². The van der Waals surface area contributed by atoms with Crippen LogP contribution in [0.15, 0.2) is 24.3 Å². The minimum atomic E-state index is -4.25. The van der Waals surface area contributed by atoms with Gasteiger partial charge in [0.1, 0.15) is 0 Å². The number of alkyl halides is 4. The fourth-order valence-electron chi connectivity index (χ4n) is 2.80. The van der Waals surface area contributed by atoms with E-state index in [4.69, 9.17) is 11.0 Å². The van der Waals surface area contributed by atoms with Crippen LogP contribution in [0, 0.1) is 11.3 Å². The van der Waals surface area contributed by atoms with Gasteiger partial charge in [-0.2, -0.15) is 22.8 Å². The zero-order chi connectivity index (χ0) is 20.9. The van der Waals surface area contributed by atoms with Crippen molar-refractivity contribution in [1.29, 1.82) is 5.26 Å². The molecule has 0 spiro atoms. The maximum absolute atomic E-state index is 13.2. The van der Waals surface area contributed by atoms with E-state index in [9.17, 15) is 27.2 Å². The minimum Gasteiger partial charge on any atom is -0.352 e. The second-order valence-electron chi connectivity index (χ2n) is 6.65. The van der Waals surface area contributed by atoms with Gasteiger partial charge in [0.2, 0.25) is 5.91 Å². The van der Waals surface area contributed by atoms with Crippen molar-refractivity contribution < 1.29 is 27.2 Å². The SMILES string of the molecule is N#Cc1cccc(C(=O)NCCCC[C@H](N)C(=O)N2CC(F)(F)C(F)(F)C2)c1. The fraction of sp³-hybridized carbons (Fsp3) is 0.500. The number of nitrogens with zero attached hydrogens (tertiary/aromatic N) is 2. The maximum atomic E-state index is 13.2. The Morgan fingerprint density at radius 3 is 2.46 bits per heavy atom. The third-order valence-corrected chi connectivity index (χ3v) is 4.42. The number of unbranched alkanes of at least 4 members (excludes halogenated alkanes) is 1. The van der Waals surface area contributed by atoms with E-state index in [0.29, 0.717) is 28.9 Å². The number of halogens is 4. The van der Waals surface area contributed by atoms with E-state index in [1.54, 1.807) is 18.2 Å². The molecule has 0 saturated carbocycles. The number of carbonyl (C=O) groups is 2. The molecule has 1 heterocycles. The van der Waals surface area contributed by atoms with Crippen LogP contribution in [0.4, 0.5) is 17.6 Å². The van der Waals surface area contributed by atoms with E-state index in [-0.39, 0.29) is 18.9 Å². The predicted molar refractivity (Wildman–Crippen MR) is 91.8 cm³/mol. The van der Waals surface area contributed by atoms with Crippen molar-refractivity contribution in [2.75, 3.05) is 19.6 Å². The molecule has 2 rings (SSSR count). The van der Waals surface area contributed by atoms with Gasteiger partial charge in [0.05, 0.1) is 30.8 Å². The number of nitrogens with one attached hydrogen (secondary N) is 1. The van der Waals surface area contributed by atoms with Gasteiger partial charge in [0, 0.05) is 12.1 Å². The summed E-state index contributed by atoms with van der Waals surface area (Å²) in [7, 11) is 0. The second-order valence-corrected chi connectivity index (χ2v) is 6.65. The van der Waals surface area contributed by atoms with E-state index in [1.165, 1.54) is 6.07 Å². The summed E-state index contributed by atoms with van der Waals surface area (Å²) < 4.78 is 52.7. The van der Waals surface area contributed by atoms with Gasteiger partial charge in [-0.25, -0.2) is 0 Å². The number of carbonyl (C=O) groups excluding carboxylic acids is 2. The molecule has 1 aliphatic rings. The third kappa shape index (κ3) is 4.98. The number of hydrogen-bond donors (Lipinski definition) is 2. The lowest BCUT2D eigenvalue weighted by Gasteiger charge is -2.19. The van der Waals surface area contributed by atoms with Crippen LogP contribution in [0.3, 0.4) is 0 Å². The molecular formula is C18H20F4N4O2. The highest BCUT2D eigenvalue weighted by molar-refractivity contribution is 5.94. The van der Waals surface area contributed by atoms with Crippen LogP contribution >= 0.6 is 0 Å². The Balaban J connectivity index is 1.71. The quantitative estimate of drug-likeness (QED) is 0.539. The molecule has 6 nitrogen and oxygen atoms in total. The zero-order valence-electron chi connectivity index (χ0n) is 14.9. The number of likely N-dealkylation sites (tertiary alicyclic amines) is 1. The van der Waals surface area contributed by atoms with E-state index in [1.807, 2.05) is 6.07 Å². The number of amides is 2. The third-order valence-electron chi connectivity index (χ3n) is 4.42. The van der Waals surface area contributed by atoms with Gasteiger partial charge in [-0.15, -0.1) is 0 Å². The van der Waals surface area contributed by atoms with Crippen molar-refractivity contribution in [3.63, 3.8) is 0 Å². The molecule has 1 saturated heterocycles. The van der Waals surface area contributed by atoms with Crippen LogP contribution in [0.1, 0.15) is 35.2 Å².